The fraction of sp³-hybridized carbons (Fsp3) is 0.364. The van der Waals surface area contributed by atoms with Crippen LogP contribution in [0, 0.1) is 5.92 Å². The first kappa shape index (κ1) is 13.3. The molecule has 1 aliphatic rings. The predicted octanol–water partition coefficient (Wildman–Crippen LogP) is 1.44. The first-order chi connectivity index (χ1) is 8.39. The second kappa shape index (κ2) is 4.87. The van der Waals surface area contributed by atoms with Crippen LogP contribution in [-0.2, 0) is 14.8 Å². The Morgan fingerprint density at radius 3 is 2.39 bits per heavy atom. The van der Waals surface area contributed by atoms with E-state index < -0.39 is 16.0 Å². The highest BCUT2D eigenvalue weighted by Gasteiger charge is 2.37. The fourth-order valence-corrected chi connectivity index (χ4v) is 3.57. The zero-order valence-corrected chi connectivity index (χ0v) is 11.0. The van der Waals surface area contributed by atoms with Crippen LogP contribution in [0.2, 0.25) is 5.02 Å². The molecule has 0 spiro atoms. The molecule has 1 aliphatic heterocycles. The molecular formula is C11H12ClNO4S. The Kier molecular flexibility index (Phi) is 3.61. The second-order valence-electron chi connectivity index (χ2n) is 4.24. The molecule has 18 heavy (non-hydrogen) atoms. The van der Waals surface area contributed by atoms with E-state index in [0.29, 0.717) is 5.02 Å². The zero-order chi connectivity index (χ0) is 13.3. The number of carboxylic acid groups (broad SMARTS) is 1. The first-order valence-corrected chi connectivity index (χ1v) is 7.19. The number of carboxylic acids is 1. The van der Waals surface area contributed by atoms with Crippen LogP contribution in [0.1, 0.15) is 6.42 Å². The van der Waals surface area contributed by atoms with Crippen molar-refractivity contribution in [2.24, 2.45) is 5.92 Å². The van der Waals surface area contributed by atoms with Crippen molar-refractivity contribution in [2.45, 2.75) is 11.3 Å². The SMILES string of the molecule is O=C(O)CC1CN(S(=O)(=O)c2ccc(Cl)cc2)C1. The van der Waals surface area contributed by atoms with Gasteiger partial charge in [0.05, 0.1) is 11.3 Å². The van der Waals surface area contributed by atoms with Gasteiger partial charge in [0.1, 0.15) is 0 Å². The number of carbonyl (C=O) groups is 1. The van der Waals surface area contributed by atoms with Crippen molar-refractivity contribution in [3.8, 4) is 0 Å². The maximum Gasteiger partial charge on any atom is 0.303 e. The number of rotatable bonds is 4. The van der Waals surface area contributed by atoms with Gasteiger partial charge < -0.3 is 5.11 Å². The molecule has 0 amide bonds. The Labute approximate surface area is 110 Å². The second-order valence-corrected chi connectivity index (χ2v) is 6.61. The maximum absolute atomic E-state index is 12.1. The van der Waals surface area contributed by atoms with Crippen molar-refractivity contribution in [3.05, 3.63) is 29.3 Å². The lowest BCUT2D eigenvalue weighted by Gasteiger charge is -2.37. The van der Waals surface area contributed by atoms with Gasteiger partial charge in [-0.3, -0.25) is 4.79 Å². The molecule has 0 saturated carbocycles. The summed E-state index contributed by atoms with van der Waals surface area (Å²) in [6.07, 6.45) is 0.00659. The van der Waals surface area contributed by atoms with Crippen LogP contribution in [-0.4, -0.2) is 36.9 Å². The number of sulfonamides is 1. The molecular weight excluding hydrogens is 278 g/mol. The van der Waals surface area contributed by atoms with Gasteiger partial charge in [-0.05, 0) is 30.2 Å². The van der Waals surface area contributed by atoms with Gasteiger partial charge in [-0.15, -0.1) is 0 Å². The summed E-state index contributed by atoms with van der Waals surface area (Å²) >= 11 is 5.70. The third kappa shape index (κ3) is 2.66. The molecule has 1 aromatic rings. The molecule has 1 heterocycles. The number of nitrogens with zero attached hydrogens (tertiary/aromatic N) is 1. The average Bonchev–Trinajstić information content (AvgIpc) is 2.23. The van der Waals surface area contributed by atoms with Crippen LogP contribution in [0.4, 0.5) is 0 Å². The number of hydrogen-bond acceptors (Lipinski definition) is 3. The Bertz CT molecular complexity index is 549. The van der Waals surface area contributed by atoms with E-state index in [0.717, 1.165) is 0 Å². The largest absolute Gasteiger partial charge is 0.481 e. The molecule has 1 saturated heterocycles. The highest BCUT2D eigenvalue weighted by atomic mass is 35.5. The van der Waals surface area contributed by atoms with Gasteiger partial charge in [0.15, 0.2) is 0 Å². The first-order valence-electron chi connectivity index (χ1n) is 5.37. The van der Waals surface area contributed by atoms with E-state index >= 15 is 0 Å². The minimum Gasteiger partial charge on any atom is -0.481 e. The van der Waals surface area contributed by atoms with Crippen molar-refractivity contribution in [1.82, 2.24) is 4.31 Å². The molecule has 5 nitrogen and oxygen atoms in total. The molecule has 0 radical (unpaired) electrons. The monoisotopic (exact) mass is 289 g/mol. The number of hydrogen-bond donors (Lipinski definition) is 1. The predicted molar refractivity (Wildman–Crippen MR) is 66.0 cm³/mol. The summed E-state index contributed by atoms with van der Waals surface area (Å²) in [5, 5.41) is 9.08. The van der Waals surface area contributed by atoms with Crippen molar-refractivity contribution >= 4 is 27.6 Å². The molecule has 7 heteroatoms. The van der Waals surface area contributed by atoms with Crippen molar-refractivity contribution < 1.29 is 18.3 Å². The van der Waals surface area contributed by atoms with Gasteiger partial charge in [0, 0.05) is 18.1 Å². The zero-order valence-electron chi connectivity index (χ0n) is 9.41. The maximum atomic E-state index is 12.1. The summed E-state index contributed by atoms with van der Waals surface area (Å²) in [6, 6.07) is 5.93. The van der Waals surface area contributed by atoms with E-state index in [1.54, 1.807) is 0 Å². The van der Waals surface area contributed by atoms with E-state index in [1.807, 2.05) is 0 Å². The normalized spacial score (nSPS) is 17.4. The van der Waals surface area contributed by atoms with E-state index in [9.17, 15) is 13.2 Å². The lowest BCUT2D eigenvalue weighted by molar-refractivity contribution is -0.139. The van der Waals surface area contributed by atoms with Gasteiger partial charge in [-0.25, -0.2) is 8.42 Å². The highest BCUT2D eigenvalue weighted by Crippen LogP contribution is 2.27. The van der Waals surface area contributed by atoms with E-state index in [4.69, 9.17) is 16.7 Å². The number of aliphatic carboxylic acids is 1. The lowest BCUT2D eigenvalue weighted by Crippen LogP contribution is -2.50. The van der Waals surface area contributed by atoms with Gasteiger partial charge in [-0.2, -0.15) is 4.31 Å². The molecule has 0 aromatic heterocycles. The van der Waals surface area contributed by atoms with E-state index in [-0.39, 0.29) is 30.3 Å². The molecule has 0 atom stereocenters. The van der Waals surface area contributed by atoms with Gasteiger partial charge >= 0.3 is 5.97 Å². The smallest absolute Gasteiger partial charge is 0.303 e. The van der Waals surface area contributed by atoms with Crippen LogP contribution in [0.5, 0.6) is 0 Å². The minimum absolute atomic E-state index is 0.00659. The highest BCUT2D eigenvalue weighted by molar-refractivity contribution is 7.89. The van der Waals surface area contributed by atoms with Crippen molar-refractivity contribution in [2.75, 3.05) is 13.1 Å². The summed E-state index contributed by atoms with van der Waals surface area (Å²) in [5.74, 6) is -0.992. The van der Waals surface area contributed by atoms with Crippen LogP contribution in [0.25, 0.3) is 0 Å². The Morgan fingerprint density at radius 1 is 1.33 bits per heavy atom. The third-order valence-electron chi connectivity index (χ3n) is 2.84. The summed E-state index contributed by atoms with van der Waals surface area (Å²) in [6.45, 7) is 0.522. The molecule has 98 valence electrons. The van der Waals surface area contributed by atoms with Crippen LogP contribution < -0.4 is 0 Å². The van der Waals surface area contributed by atoms with E-state index in [2.05, 4.69) is 0 Å². The number of benzene rings is 1. The molecule has 0 unspecified atom stereocenters. The summed E-state index contributed by atoms with van der Waals surface area (Å²) in [4.78, 5) is 10.7. The van der Waals surface area contributed by atoms with Gasteiger partial charge in [-0.1, -0.05) is 11.6 Å². The molecule has 1 N–H and O–H groups in total. The van der Waals surface area contributed by atoms with Crippen LogP contribution in [0.15, 0.2) is 29.2 Å². The average molecular weight is 290 g/mol. The van der Waals surface area contributed by atoms with Gasteiger partial charge in [0.2, 0.25) is 10.0 Å². The van der Waals surface area contributed by atoms with Crippen molar-refractivity contribution in [3.63, 3.8) is 0 Å². The standard InChI is InChI=1S/C11H12ClNO4S/c12-9-1-3-10(4-2-9)18(16,17)13-6-8(7-13)5-11(14)15/h1-4,8H,5-7H2,(H,14,15). The summed E-state index contributed by atoms with van der Waals surface area (Å²) < 4.78 is 25.5. The number of halogens is 1. The lowest BCUT2D eigenvalue weighted by atomic mass is 10.00. The Hall–Kier alpha value is -1.11. The van der Waals surface area contributed by atoms with Crippen LogP contribution >= 0.6 is 11.6 Å². The molecule has 1 fully saturated rings. The molecule has 2 rings (SSSR count). The molecule has 0 bridgehead atoms. The van der Waals surface area contributed by atoms with Gasteiger partial charge in [0.25, 0.3) is 0 Å². The minimum atomic E-state index is -3.51. The van der Waals surface area contributed by atoms with E-state index in [1.165, 1.54) is 28.6 Å². The topological polar surface area (TPSA) is 74.7 Å². The quantitative estimate of drug-likeness (QED) is 0.910. The summed E-state index contributed by atoms with van der Waals surface area (Å²) in [7, 11) is -3.51. The Balaban J connectivity index is 2.06. The molecule has 0 aliphatic carbocycles. The van der Waals surface area contributed by atoms with Crippen molar-refractivity contribution in [1.29, 1.82) is 0 Å². The Morgan fingerprint density at radius 2 is 1.89 bits per heavy atom. The summed E-state index contributed by atoms with van der Waals surface area (Å²) in [5.41, 5.74) is 0. The third-order valence-corrected chi connectivity index (χ3v) is 4.94. The molecule has 1 aromatic carbocycles. The van der Waals surface area contributed by atoms with Crippen LogP contribution in [0.3, 0.4) is 0 Å². The fourth-order valence-electron chi connectivity index (χ4n) is 1.85.